The van der Waals surface area contributed by atoms with Crippen LogP contribution in [0.1, 0.15) is 30.6 Å². The van der Waals surface area contributed by atoms with Gasteiger partial charge in [0.2, 0.25) is 0 Å². The topological polar surface area (TPSA) is 55.4 Å². The van der Waals surface area contributed by atoms with E-state index < -0.39 is 34.8 Å². The number of imide groups is 1. The summed E-state index contributed by atoms with van der Waals surface area (Å²) in [6.45, 7) is 3.16. The Bertz CT molecular complexity index is 560. The Kier molecular flexibility index (Phi) is 4.81. The average Bonchev–Trinajstić information content (AvgIpc) is 2.38. The second kappa shape index (κ2) is 6.15. The Morgan fingerprint density at radius 1 is 1.40 bits per heavy atom. The summed E-state index contributed by atoms with van der Waals surface area (Å²) in [5.74, 6) is -1.14. The van der Waals surface area contributed by atoms with Gasteiger partial charge in [0.25, 0.3) is 5.91 Å². The summed E-state index contributed by atoms with van der Waals surface area (Å²) in [6, 6.07) is 2.91. The lowest BCUT2D eigenvalue weighted by molar-refractivity contribution is 0.0600. The van der Waals surface area contributed by atoms with Gasteiger partial charge in [-0.3, -0.25) is 10.1 Å². The van der Waals surface area contributed by atoms with Crippen LogP contribution < -0.4 is 5.32 Å². The number of carbonyl (C=O) groups excluding carboxylic acids is 2. The summed E-state index contributed by atoms with van der Waals surface area (Å²) in [4.78, 5) is 23.1. The zero-order valence-corrected chi connectivity index (χ0v) is 11.0. The van der Waals surface area contributed by atoms with Gasteiger partial charge in [0.15, 0.2) is 5.60 Å². The lowest BCUT2D eigenvalue weighted by atomic mass is 10.1. The van der Waals surface area contributed by atoms with Crippen LogP contribution in [0.25, 0.3) is 0 Å². The number of benzene rings is 1. The molecule has 0 aliphatic heterocycles. The first-order valence-electron chi connectivity index (χ1n) is 5.79. The summed E-state index contributed by atoms with van der Waals surface area (Å²) in [6.07, 6.45) is 4.35. The highest BCUT2D eigenvalue weighted by atomic mass is 19.1. The number of halogens is 2. The summed E-state index contributed by atoms with van der Waals surface area (Å²) in [7, 11) is 0. The molecule has 4 nitrogen and oxygen atoms in total. The molecule has 106 valence electrons. The van der Waals surface area contributed by atoms with Gasteiger partial charge in [0, 0.05) is 0 Å². The first kappa shape index (κ1) is 15.6. The highest BCUT2D eigenvalue weighted by Crippen LogP contribution is 2.15. The van der Waals surface area contributed by atoms with E-state index in [4.69, 9.17) is 11.2 Å². The van der Waals surface area contributed by atoms with Crippen LogP contribution in [0.5, 0.6) is 0 Å². The van der Waals surface area contributed by atoms with Gasteiger partial charge in [-0.1, -0.05) is 18.9 Å². The Hall–Kier alpha value is -2.42. The smallest absolute Gasteiger partial charge is 0.415 e. The first-order chi connectivity index (χ1) is 9.33. The SMILES string of the molecule is C#CC(C)(CC)OC(=O)NC(=O)c1c(F)cccc1F. The van der Waals surface area contributed by atoms with Crippen LogP contribution in [0, 0.1) is 24.0 Å². The normalized spacial score (nSPS) is 12.9. The fraction of sp³-hybridized carbons (Fsp3) is 0.286. The lowest BCUT2D eigenvalue weighted by Crippen LogP contribution is -2.38. The third kappa shape index (κ3) is 3.54. The number of nitrogens with one attached hydrogen (secondary N) is 1. The number of ether oxygens (including phenoxy) is 1. The van der Waals surface area contributed by atoms with Crippen LogP contribution in [0.3, 0.4) is 0 Å². The van der Waals surface area contributed by atoms with Gasteiger partial charge in [0.1, 0.15) is 17.2 Å². The molecule has 0 aliphatic carbocycles. The quantitative estimate of drug-likeness (QED) is 0.866. The molecule has 1 unspecified atom stereocenters. The van der Waals surface area contributed by atoms with E-state index in [1.54, 1.807) is 12.2 Å². The molecule has 1 atom stereocenters. The van der Waals surface area contributed by atoms with E-state index >= 15 is 0 Å². The maximum atomic E-state index is 13.3. The number of hydrogen-bond acceptors (Lipinski definition) is 3. The van der Waals surface area contributed by atoms with Gasteiger partial charge in [-0.25, -0.2) is 13.6 Å². The van der Waals surface area contributed by atoms with Gasteiger partial charge in [0.05, 0.1) is 0 Å². The van der Waals surface area contributed by atoms with Gasteiger partial charge in [-0.15, -0.1) is 6.42 Å². The molecule has 0 spiro atoms. The van der Waals surface area contributed by atoms with Crippen LogP contribution in [0.15, 0.2) is 18.2 Å². The summed E-state index contributed by atoms with van der Waals surface area (Å²) < 4.78 is 31.5. The molecule has 1 N–H and O–H groups in total. The fourth-order valence-electron chi connectivity index (χ4n) is 1.30. The third-order valence-corrected chi connectivity index (χ3v) is 2.70. The molecule has 2 amide bonds. The first-order valence-corrected chi connectivity index (χ1v) is 5.79. The minimum absolute atomic E-state index is 0.319. The standard InChI is InChI=1S/C14H13F2NO3/c1-4-14(3,5-2)20-13(19)17-12(18)11-9(15)7-6-8-10(11)16/h1,6-8H,5H2,2-3H3,(H,17,18,19). The zero-order valence-electron chi connectivity index (χ0n) is 11.0. The van der Waals surface area contributed by atoms with Crippen molar-refractivity contribution in [3.63, 3.8) is 0 Å². The second-order valence-electron chi connectivity index (χ2n) is 4.17. The number of terminal acetylenes is 1. The molecule has 0 aromatic heterocycles. The van der Waals surface area contributed by atoms with Crippen LogP contribution in [0.4, 0.5) is 13.6 Å². The average molecular weight is 281 g/mol. The van der Waals surface area contributed by atoms with Crippen molar-refractivity contribution in [3.05, 3.63) is 35.4 Å². The van der Waals surface area contributed by atoms with Crippen LogP contribution >= 0.6 is 0 Å². The molecule has 20 heavy (non-hydrogen) atoms. The zero-order chi connectivity index (χ0) is 15.3. The van der Waals surface area contributed by atoms with E-state index in [1.807, 2.05) is 0 Å². The fourth-order valence-corrected chi connectivity index (χ4v) is 1.30. The van der Waals surface area contributed by atoms with Crippen LogP contribution in [0.2, 0.25) is 0 Å². The van der Waals surface area contributed by atoms with Crippen molar-refractivity contribution in [2.45, 2.75) is 25.9 Å². The largest absolute Gasteiger partial charge is 0.430 e. The molecule has 1 aromatic rings. The molecule has 1 aromatic carbocycles. The predicted octanol–water partition coefficient (Wildman–Crippen LogP) is 2.63. The molecule has 1 rings (SSSR count). The Labute approximate surface area is 115 Å². The van der Waals surface area contributed by atoms with Crippen molar-refractivity contribution < 1.29 is 23.1 Å². The highest BCUT2D eigenvalue weighted by molar-refractivity contribution is 6.03. The Morgan fingerprint density at radius 2 is 1.95 bits per heavy atom. The van der Waals surface area contributed by atoms with Crippen molar-refractivity contribution in [2.24, 2.45) is 0 Å². The van der Waals surface area contributed by atoms with Crippen molar-refractivity contribution in [1.29, 1.82) is 0 Å². The second-order valence-corrected chi connectivity index (χ2v) is 4.17. The minimum atomic E-state index is -1.24. The van der Waals surface area contributed by atoms with E-state index in [-0.39, 0.29) is 0 Å². The van der Waals surface area contributed by atoms with E-state index in [9.17, 15) is 18.4 Å². The van der Waals surface area contributed by atoms with E-state index in [0.717, 1.165) is 18.2 Å². The summed E-state index contributed by atoms with van der Waals surface area (Å²) in [5, 5.41) is 1.73. The Morgan fingerprint density at radius 3 is 2.40 bits per heavy atom. The van der Waals surface area contributed by atoms with Crippen molar-refractivity contribution in [2.75, 3.05) is 0 Å². The predicted molar refractivity (Wildman–Crippen MR) is 67.8 cm³/mol. The molecule has 0 aliphatic rings. The van der Waals surface area contributed by atoms with Crippen LogP contribution in [-0.4, -0.2) is 17.6 Å². The number of rotatable bonds is 3. The maximum absolute atomic E-state index is 13.3. The van der Waals surface area contributed by atoms with Gasteiger partial charge >= 0.3 is 6.09 Å². The molecule has 0 fully saturated rings. The number of carbonyl (C=O) groups is 2. The van der Waals surface area contributed by atoms with E-state index in [0.29, 0.717) is 6.42 Å². The monoisotopic (exact) mass is 281 g/mol. The molecule has 0 bridgehead atoms. The van der Waals surface area contributed by atoms with Crippen molar-refractivity contribution in [3.8, 4) is 12.3 Å². The maximum Gasteiger partial charge on any atom is 0.415 e. The number of amides is 2. The van der Waals surface area contributed by atoms with Gasteiger partial charge in [-0.2, -0.15) is 0 Å². The molecular weight excluding hydrogens is 268 g/mol. The molecular formula is C14H13F2NO3. The molecule has 0 radical (unpaired) electrons. The highest BCUT2D eigenvalue weighted by Gasteiger charge is 2.26. The lowest BCUT2D eigenvalue weighted by Gasteiger charge is -2.21. The molecule has 0 heterocycles. The van der Waals surface area contributed by atoms with Crippen LogP contribution in [-0.2, 0) is 4.74 Å². The molecule has 0 saturated heterocycles. The van der Waals surface area contributed by atoms with Crippen molar-refractivity contribution >= 4 is 12.0 Å². The summed E-state index contributed by atoms with van der Waals surface area (Å²) >= 11 is 0. The molecule has 6 heteroatoms. The number of alkyl carbamates (subject to hydrolysis) is 1. The van der Waals surface area contributed by atoms with E-state index in [2.05, 4.69) is 5.92 Å². The Balaban J connectivity index is 2.82. The van der Waals surface area contributed by atoms with E-state index in [1.165, 1.54) is 6.92 Å². The molecule has 0 saturated carbocycles. The van der Waals surface area contributed by atoms with Gasteiger partial charge < -0.3 is 4.74 Å². The minimum Gasteiger partial charge on any atom is -0.430 e. The van der Waals surface area contributed by atoms with Gasteiger partial charge in [-0.05, 0) is 25.5 Å². The number of hydrogen-bond donors (Lipinski definition) is 1. The van der Waals surface area contributed by atoms with Crippen molar-refractivity contribution in [1.82, 2.24) is 5.32 Å². The summed E-state index contributed by atoms with van der Waals surface area (Å²) in [5.41, 5.74) is -2.05. The third-order valence-electron chi connectivity index (χ3n) is 2.70.